The average molecular weight is 232 g/mol. The Hall–Kier alpha value is -0.860. The van der Waals surface area contributed by atoms with Crippen molar-refractivity contribution in [2.75, 3.05) is 20.1 Å². The van der Waals surface area contributed by atoms with E-state index in [0.717, 1.165) is 12.6 Å². The third-order valence-corrected chi connectivity index (χ3v) is 3.46. The molecule has 0 aliphatic heterocycles. The molecule has 1 aliphatic rings. The van der Waals surface area contributed by atoms with Crippen LogP contribution in [0.5, 0.6) is 0 Å². The molecule has 1 saturated carbocycles. The van der Waals surface area contributed by atoms with Crippen LogP contribution in [0, 0.1) is 0 Å². The van der Waals surface area contributed by atoms with Crippen molar-refractivity contribution in [2.45, 2.75) is 37.6 Å². The molecule has 0 heterocycles. The van der Waals surface area contributed by atoms with Gasteiger partial charge < -0.3 is 10.6 Å². The van der Waals surface area contributed by atoms with Gasteiger partial charge in [0.2, 0.25) is 0 Å². The summed E-state index contributed by atoms with van der Waals surface area (Å²) in [6.45, 7) is 2.26. The van der Waals surface area contributed by atoms with Crippen molar-refractivity contribution in [3.63, 3.8) is 0 Å². The van der Waals surface area contributed by atoms with E-state index in [2.05, 4.69) is 41.0 Å². The first-order chi connectivity index (χ1) is 8.40. The molecular weight excluding hydrogens is 208 g/mol. The summed E-state index contributed by atoms with van der Waals surface area (Å²) in [5, 5.41) is 6.89. The van der Waals surface area contributed by atoms with Crippen LogP contribution in [0.3, 0.4) is 0 Å². The van der Waals surface area contributed by atoms with Gasteiger partial charge in [0.25, 0.3) is 0 Å². The lowest BCUT2D eigenvalue weighted by atomic mass is 9.94. The number of nitrogens with one attached hydrogen (secondary N) is 2. The summed E-state index contributed by atoms with van der Waals surface area (Å²) in [6, 6.07) is 11.7. The third kappa shape index (κ3) is 4.49. The number of hydrogen-bond acceptors (Lipinski definition) is 2. The Labute approximate surface area is 105 Å². The molecular formula is C15H24N2. The molecule has 2 heteroatoms. The Kier molecular flexibility index (Phi) is 5.02. The highest BCUT2D eigenvalue weighted by atomic mass is 14.9. The zero-order chi connectivity index (χ0) is 11.9. The van der Waals surface area contributed by atoms with Crippen LogP contribution in [-0.4, -0.2) is 26.2 Å². The van der Waals surface area contributed by atoms with E-state index in [4.69, 9.17) is 0 Å². The van der Waals surface area contributed by atoms with Gasteiger partial charge in [0.15, 0.2) is 0 Å². The minimum Gasteiger partial charge on any atom is -0.319 e. The monoisotopic (exact) mass is 232 g/mol. The van der Waals surface area contributed by atoms with Crippen molar-refractivity contribution < 1.29 is 0 Å². The summed E-state index contributed by atoms with van der Waals surface area (Å²) < 4.78 is 0. The summed E-state index contributed by atoms with van der Waals surface area (Å²) in [5.74, 6) is 0.655. The van der Waals surface area contributed by atoms with Crippen LogP contribution in [0.4, 0.5) is 0 Å². The molecule has 17 heavy (non-hydrogen) atoms. The first-order valence-electron chi connectivity index (χ1n) is 6.83. The molecule has 1 aromatic carbocycles. The molecule has 1 fully saturated rings. The van der Waals surface area contributed by atoms with Gasteiger partial charge in [0.1, 0.15) is 0 Å². The first-order valence-corrected chi connectivity index (χ1v) is 6.83. The molecule has 0 saturated heterocycles. The lowest BCUT2D eigenvalue weighted by molar-refractivity contribution is 0.534. The smallest absolute Gasteiger partial charge is 0.00682 e. The SMILES string of the molecule is CNCC(CCCNC1CC1)c1ccccc1. The first kappa shape index (κ1) is 12.6. The van der Waals surface area contributed by atoms with E-state index in [0.29, 0.717) is 5.92 Å². The maximum atomic E-state index is 3.59. The normalized spacial score (nSPS) is 17.0. The molecule has 2 N–H and O–H groups in total. The predicted octanol–water partition coefficient (Wildman–Crippen LogP) is 2.52. The lowest BCUT2D eigenvalue weighted by Crippen LogP contribution is -2.21. The summed E-state index contributed by atoms with van der Waals surface area (Å²) in [7, 11) is 2.04. The van der Waals surface area contributed by atoms with Crippen molar-refractivity contribution in [2.24, 2.45) is 0 Å². The third-order valence-electron chi connectivity index (χ3n) is 3.46. The maximum Gasteiger partial charge on any atom is 0.00682 e. The van der Waals surface area contributed by atoms with E-state index in [1.165, 1.54) is 37.8 Å². The molecule has 0 radical (unpaired) electrons. The summed E-state index contributed by atoms with van der Waals surface area (Å²) in [6.07, 6.45) is 5.32. The minimum absolute atomic E-state index is 0.655. The second-order valence-corrected chi connectivity index (χ2v) is 5.04. The molecule has 0 bridgehead atoms. The van der Waals surface area contributed by atoms with Gasteiger partial charge >= 0.3 is 0 Å². The van der Waals surface area contributed by atoms with Crippen LogP contribution in [-0.2, 0) is 0 Å². The Morgan fingerprint density at radius 2 is 2.00 bits per heavy atom. The summed E-state index contributed by atoms with van der Waals surface area (Å²) in [4.78, 5) is 0. The maximum absolute atomic E-state index is 3.59. The summed E-state index contributed by atoms with van der Waals surface area (Å²) in [5.41, 5.74) is 1.47. The van der Waals surface area contributed by atoms with Crippen LogP contribution >= 0.6 is 0 Å². The molecule has 1 atom stereocenters. The van der Waals surface area contributed by atoms with Gasteiger partial charge in [-0.25, -0.2) is 0 Å². The zero-order valence-corrected chi connectivity index (χ0v) is 10.8. The second-order valence-electron chi connectivity index (χ2n) is 5.04. The highest BCUT2D eigenvalue weighted by Gasteiger charge is 2.19. The molecule has 94 valence electrons. The van der Waals surface area contributed by atoms with E-state index in [-0.39, 0.29) is 0 Å². The Morgan fingerprint density at radius 3 is 2.65 bits per heavy atom. The number of benzene rings is 1. The summed E-state index contributed by atoms with van der Waals surface area (Å²) >= 11 is 0. The number of likely N-dealkylation sites (N-methyl/N-ethyl adjacent to an activating group) is 1. The average Bonchev–Trinajstić information content (AvgIpc) is 3.18. The zero-order valence-electron chi connectivity index (χ0n) is 10.8. The fraction of sp³-hybridized carbons (Fsp3) is 0.600. The van der Waals surface area contributed by atoms with E-state index in [9.17, 15) is 0 Å². The van der Waals surface area contributed by atoms with Crippen molar-refractivity contribution in [1.29, 1.82) is 0 Å². The molecule has 0 spiro atoms. The number of hydrogen-bond donors (Lipinski definition) is 2. The molecule has 1 aromatic rings. The van der Waals surface area contributed by atoms with Crippen molar-refractivity contribution >= 4 is 0 Å². The number of rotatable bonds is 8. The van der Waals surface area contributed by atoms with Crippen LogP contribution in [0.2, 0.25) is 0 Å². The van der Waals surface area contributed by atoms with E-state index >= 15 is 0 Å². The van der Waals surface area contributed by atoms with Gasteiger partial charge in [-0.1, -0.05) is 30.3 Å². The largest absolute Gasteiger partial charge is 0.319 e. The van der Waals surface area contributed by atoms with Gasteiger partial charge in [0, 0.05) is 12.6 Å². The van der Waals surface area contributed by atoms with Gasteiger partial charge in [-0.15, -0.1) is 0 Å². The van der Waals surface area contributed by atoms with Gasteiger partial charge in [-0.2, -0.15) is 0 Å². The van der Waals surface area contributed by atoms with Crippen LogP contribution < -0.4 is 10.6 Å². The fourth-order valence-corrected chi connectivity index (χ4v) is 2.30. The fourth-order valence-electron chi connectivity index (χ4n) is 2.30. The highest BCUT2D eigenvalue weighted by molar-refractivity contribution is 5.19. The highest BCUT2D eigenvalue weighted by Crippen LogP contribution is 2.21. The molecule has 0 aromatic heterocycles. The van der Waals surface area contributed by atoms with E-state index in [1.807, 2.05) is 7.05 Å². The van der Waals surface area contributed by atoms with Crippen LogP contribution in [0.25, 0.3) is 0 Å². The van der Waals surface area contributed by atoms with E-state index in [1.54, 1.807) is 0 Å². The molecule has 2 nitrogen and oxygen atoms in total. The standard InChI is InChI=1S/C15H24N2/c1-16-12-14(13-6-3-2-4-7-13)8-5-11-17-15-9-10-15/h2-4,6-7,14-17H,5,8-12H2,1H3. The van der Waals surface area contributed by atoms with Gasteiger partial charge in [-0.3, -0.25) is 0 Å². The molecule has 2 rings (SSSR count). The lowest BCUT2D eigenvalue weighted by Gasteiger charge is -2.17. The van der Waals surface area contributed by atoms with Crippen molar-refractivity contribution in [3.05, 3.63) is 35.9 Å². The Bertz CT molecular complexity index is 306. The van der Waals surface area contributed by atoms with Gasteiger partial charge in [-0.05, 0) is 50.8 Å². The van der Waals surface area contributed by atoms with Crippen LogP contribution in [0.1, 0.15) is 37.2 Å². The Morgan fingerprint density at radius 1 is 1.24 bits per heavy atom. The predicted molar refractivity (Wildman–Crippen MR) is 73.4 cm³/mol. The molecule has 1 unspecified atom stereocenters. The van der Waals surface area contributed by atoms with Crippen molar-refractivity contribution in [1.82, 2.24) is 10.6 Å². The topological polar surface area (TPSA) is 24.1 Å². The van der Waals surface area contributed by atoms with Crippen LogP contribution in [0.15, 0.2) is 30.3 Å². The molecule has 0 amide bonds. The van der Waals surface area contributed by atoms with Gasteiger partial charge in [0.05, 0.1) is 0 Å². The van der Waals surface area contributed by atoms with Crippen molar-refractivity contribution in [3.8, 4) is 0 Å². The Balaban J connectivity index is 1.75. The molecule has 1 aliphatic carbocycles. The van der Waals surface area contributed by atoms with E-state index < -0.39 is 0 Å². The second kappa shape index (κ2) is 6.77. The minimum atomic E-state index is 0.655. The quantitative estimate of drug-likeness (QED) is 0.673.